The molecule has 0 heterocycles. The van der Waals surface area contributed by atoms with Gasteiger partial charge in [-0.25, -0.2) is 4.79 Å². The number of carbonyl (C=O) groups excluding carboxylic acids is 1. The predicted molar refractivity (Wildman–Crippen MR) is 80.8 cm³/mol. The maximum absolute atomic E-state index is 12.1. The van der Waals surface area contributed by atoms with Gasteiger partial charge in [-0.3, -0.25) is 5.32 Å². The number of hydrogen-bond acceptors (Lipinski definition) is 4. The quantitative estimate of drug-likeness (QED) is 0.801. The minimum atomic E-state index is -0.550. The van der Waals surface area contributed by atoms with Gasteiger partial charge in [0.15, 0.2) is 0 Å². The van der Waals surface area contributed by atoms with E-state index >= 15 is 0 Å². The van der Waals surface area contributed by atoms with Gasteiger partial charge in [0, 0.05) is 12.1 Å². The summed E-state index contributed by atoms with van der Waals surface area (Å²) in [5.74, 6) is -0.111. The van der Waals surface area contributed by atoms with Crippen molar-refractivity contribution in [2.45, 2.75) is 19.5 Å². The molecule has 0 aliphatic rings. The topological polar surface area (TPSA) is 58.6 Å². The van der Waals surface area contributed by atoms with Crippen LogP contribution >= 0.6 is 0 Å². The molecule has 0 spiro atoms. The summed E-state index contributed by atoms with van der Waals surface area (Å²) in [6, 6.07) is 15.9. The van der Waals surface area contributed by atoms with Gasteiger partial charge in [-0.2, -0.15) is 0 Å². The molecule has 0 aliphatic heterocycles. The van der Waals surface area contributed by atoms with Crippen LogP contribution in [0.5, 0.6) is 5.75 Å². The normalized spacial score (nSPS) is 11.9. The molecule has 4 heteroatoms. The highest BCUT2D eigenvalue weighted by atomic mass is 16.5. The second-order valence-electron chi connectivity index (χ2n) is 4.61. The molecule has 0 aromatic heterocycles. The van der Waals surface area contributed by atoms with Crippen molar-refractivity contribution in [2.75, 3.05) is 6.61 Å². The van der Waals surface area contributed by atoms with Crippen molar-refractivity contribution >= 4 is 5.97 Å². The molecule has 2 aromatic carbocycles. The van der Waals surface area contributed by atoms with Crippen LogP contribution in [0.25, 0.3) is 0 Å². The lowest BCUT2D eigenvalue weighted by Gasteiger charge is -2.18. The summed E-state index contributed by atoms with van der Waals surface area (Å²) in [6.45, 7) is 2.49. The first-order chi connectivity index (χ1) is 10.2. The molecule has 1 unspecified atom stereocenters. The maximum atomic E-state index is 12.1. The van der Waals surface area contributed by atoms with Crippen molar-refractivity contribution in [2.24, 2.45) is 0 Å². The smallest absolute Gasteiger partial charge is 0.327 e. The number of phenols is 1. The zero-order chi connectivity index (χ0) is 15.1. The lowest BCUT2D eigenvalue weighted by Crippen LogP contribution is -2.30. The highest BCUT2D eigenvalue weighted by Crippen LogP contribution is 2.19. The Morgan fingerprint density at radius 2 is 1.81 bits per heavy atom. The minimum absolute atomic E-state index is 0.209. The van der Waals surface area contributed by atoms with E-state index in [1.165, 1.54) is 0 Å². The lowest BCUT2D eigenvalue weighted by molar-refractivity contribution is -0.145. The Kier molecular flexibility index (Phi) is 5.35. The van der Waals surface area contributed by atoms with Crippen molar-refractivity contribution < 1.29 is 14.6 Å². The number of phenolic OH excluding ortho intramolecular Hbond substituents is 1. The number of benzene rings is 2. The van der Waals surface area contributed by atoms with Crippen molar-refractivity contribution in [3.63, 3.8) is 0 Å². The first kappa shape index (κ1) is 15.1. The molecule has 4 nitrogen and oxygen atoms in total. The molecule has 2 rings (SSSR count). The number of ether oxygens (including phenoxy) is 1. The van der Waals surface area contributed by atoms with Gasteiger partial charge >= 0.3 is 5.97 Å². The van der Waals surface area contributed by atoms with Crippen LogP contribution in [0.15, 0.2) is 54.6 Å². The molecular weight excluding hydrogens is 266 g/mol. The molecule has 0 amide bonds. The van der Waals surface area contributed by atoms with Gasteiger partial charge in [0.25, 0.3) is 0 Å². The van der Waals surface area contributed by atoms with Crippen molar-refractivity contribution in [1.29, 1.82) is 0 Å². The Labute approximate surface area is 124 Å². The summed E-state index contributed by atoms with van der Waals surface area (Å²) in [7, 11) is 0. The third kappa shape index (κ3) is 4.07. The van der Waals surface area contributed by atoms with E-state index in [0.717, 1.165) is 11.1 Å². The van der Waals surface area contributed by atoms with Gasteiger partial charge in [-0.15, -0.1) is 0 Å². The highest BCUT2D eigenvalue weighted by Gasteiger charge is 2.21. The van der Waals surface area contributed by atoms with E-state index < -0.39 is 6.04 Å². The highest BCUT2D eigenvalue weighted by molar-refractivity contribution is 5.77. The van der Waals surface area contributed by atoms with Crippen molar-refractivity contribution in [3.8, 4) is 5.75 Å². The second kappa shape index (κ2) is 7.45. The summed E-state index contributed by atoms with van der Waals surface area (Å²) in [5, 5.41) is 12.9. The van der Waals surface area contributed by atoms with Crippen LogP contribution in [0.1, 0.15) is 24.1 Å². The Bertz CT molecular complexity index is 584. The molecule has 0 radical (unpaired) electrons. The molecule has 110 valence electrons. The van der Waals surface area contributed by atoms with Crippen LogP contribution < -0.4 is 5.32 Å². The van der Waals surface area contributed by atoms with E-state index in [2.05, 4.69) is 5.32 Å². The Morgan fingerprint density at radius 3 is 2.48 bits per heavy atom. The standard InChI is InChI=1S/C17H19NO3/c1-2-21-17(20)16(13-8-4-3-5-9-13)18-12-14-10-6-7-11-15(14)19/h3-11,16,18-19H,2,12H2,1H3. The van der Waals surface area contributed by atoms with E-state index in [1.807, 2.05) is 42.5 Å². The van der Waals surface area contributed by atoms with Gasteiger partial charge in [0.05, 0.1) is 6.61 Å². The summed E-state index contributed by atoms with van der Waals surface area (Å²) in [4.78, 5) is 12.1. The van der Waals surface area contributed by atoms with Crippen molar-refractivity contribution in [1.82, 2.24) is 5.32 Å². The Balaban J connectivity index is 2.13. The summed E-state index contributed by atoms with van der Waals surface area (Å²) >= 11 is 0. The molecule has 1 atom stereocenters. The number of aromatic hydroxyl groups is 1. The SMILES string of the molecule is CCOC(=O)C(NCc1ccccc1O)c1ccccc1. The largest absolute Gasteiger partial charge is 0.508 e. The fraction of sp³-hybridized carbons (Fsp3) is 0.235. The van der Waals surface area contributed by atoms with Gasteiger partial charge < -0.3 is 9.84 Å². The second-order valence-corrected chi connectivity index (χ2v) is 4.61. The van der Waals surface area contributed by atoms with E-state index in [-0.39, 0.29) is 11.7 Å². The maximum Gasteiger partial charge on any atom is 0.327 e. The fourth-order valence-corrected chi connectivity index (χ4v) is 2.08. The third-order valence-electron chi connectivity index (χ3n) is 3.14. The van der Waals surface area contributed by atoms with Gasteiger partial charge in [-0.1, -0.05) is 48.5 Å². The summed E-state index contributed by atoms with van der Waals surface area (Å²) in [6.07, 6.45) is 0. The van der Waals surface area contributed by atoms with Gasteiger partial charge in [0.1, 0.15) is 11.8 Å². The number of para-hydroxylation sites is 1. The number of hydrogen-bond donors (Lipinski definition) is 2. The molecule has 0 saturated heterocycles. The molecular formula is C17H19NO3. The van der Waals surface area contributed by atoms with E-state index in [1.54, 1.807) is 19.1 Å². The molecule has 0 aliphatic carbocycles. The molecule has 0 saturated carbocycles. The van der Waals surface area contributed by atoms with Gasteiger partial charge in [0.2, 0.25) is 0 Å². The van der Waals surface area contributed by atoms with Crippen LogP contribution in [-0.2, 0) is 16.1 Å². The average molecular weight is 285 g/mol. The first-order valence-electron chi connectivity index (χ1n) is 6.94. The Morgan fingerprint density at radius 1 is 1.14 bits per heavy atom. The third-order valence-corrected chi connectivity index (χ3v) is 3.14. The van der Waals surface area contributed by atoms with Gasteiger partial charge in [-0.05, 0) is 18.6 Å². The average Bonchev–Trinajstić information content (AvgIpc) is 2.50. The van der Waals surface area contributed by atoms with Crippen LogP contribution in [0.3, 0.4) is 0 Å². The molecule has 2 aromatic rings. The summed E-state index contributed by atoms with van der Waals surface area (Å²) < 4.78 is 5.11. The van der Waals surface area contributed by atoms with Crippen LogP contribution in [0, 0.1) is 0 Å². The molecule has 0 bridgehead atoms. The first-order valence-corrected chi connectivity index (χ1v) is 6.94. The zero-order valence-electron chi connectivity index (χ0n) is 12.0. The zero-order valence-corrected chi connectivity index (χ0v) is 12.0. The number of carbonyl (C=O) groups is 1. The Hall–Kier alpha value is -2.33. The molecule has 0 fully saturated rings. The number of rotatable bonds is 6. The lowest BCUT2D eigenvalue weighted by atomic mass is 10.1. The number of esters is 1. The predicted octanol–water partition coefficient (Wildman–Crippen LogP) is 2.79. The van der Waals surface area contributed by atoms with Crippen molar-refractivity contribution in [3.05, 3.63) is 65.7 Å². The minimum Gasteiger partial charge on any atom is -0.508 e. The fourth-order valence-electron chi connectivity index (χ4n) is 2.08. The monoisotopic (exact) mass is 285 g/mol. The van der Waals surface area contributed by atoms with E-state index in [0.29, 0.717) is 13.2 Å². The molecule has 2 N–H and O–H groups in total. The van der Waals surface area contributed by atoms with E-state index in [9.17, 15) is 9.90 Å². The van der Waals surface area contributed by atoms with Crippen LogP contribution in [0.4, 0.5) is 0 Å². The number of nitrogens with one attached hydrogen (secondary N) is 1. The summed E-state index contributed by atoms with van der Waals surface area (Å²) in [5.41, 5.74) is 1.58. The van der Waals surface area contributed by atoms with E-state index in [4.69, 9.17) is 4.74 Å². The van der Waals surface area contributed by atoms with Crippen LogP contribution in [0.2, 0.25) is 0 Å². The van der Waals surface area contributed by atoms with Crippen LogP contribution in [-0.4, -0.2) is 17.7 Å². The molecule has 21 heavy (non-hydrogen) atoms.